The predicted octanol–water partition coefficient (Wildman–Crippen LogP) is 5.26. The molecule has 0 rings (SSSR count). The van der Waals surface area contributed by atoms with Crippen LogP contribution in [-0.2, 0) is 14.2 Å². The number of nitrogens with zero attached hydrogens (tertiary/aromatic N) is 1. The summed E-state index contributed by atoms with van der Waals surface area (Å²) in [5, 5.41) is 0. The molecule has 0 saturated carbocycles. The number of amides is 3. The molecular formula is C18H33NO6. The van der Waals surface area contributed by atoms with Crippen LogP contribution in [0.2, 0.25) is 0 Å². The highest BCUT2D eigenvalue weighted by atomic mass is 16.6. The molecule has 0 spiro atoms. The Bertz CT molecular complexity index is 424. The fraction of sp³-hybridized carbons (Fsp3) is 0.833. The molecule has 146 valence electrons. The molecule has 7 nitrogen and oxygen atoms in total. The molecule has 0 unspecified atom stereocenters. The summed E-state index contributed by atoms with van der Waals surface area (Å²) in [4.78, 5) is 37.6. The summed E-state index contributed by atoms with van der Waals surface area (Å²) in [5.41, 5.74) is -2.51. The van der Waals surface area contributed by atoms with E-state index in [1.54, 1.807) is 41.5 Å². The Hall–Kier alpha value is -1.79. The van der Waals surface area contributed by atoms with E-state index in [1.165, 1.54) is 0 Å². The quantitative estimate of drug-likeness (QED) is 0.601. The van der Waals surface area contributed by atoms with E-state index < -0.39 is 35.1 Å². The summed E-state index contributed by atoms with van der Waals surface area (Å²) in [5.74, 6) is 0. The number of ether oxygens (including phenoxy) is 3. The van der Waals surface area contributed by atoms with Crippen LogP contribution in [0.1, 0.15) is 81.6 Å². The first-order valence-electron chi connectivity index (χ1n) is 8.69. The Morgan fingerprint density at radius 1 is 0.600 bits per heavy atom. The smallest absolute Gasteiger partial charge is 0.429 e. The van der Waals surface area contributed by atoms with E-state index in [-0.39, 0.29) is 4.90 Å². The zero-order chi connectivity index (χ0) is 20.1. The zero-order valence-corrected chi connectivity index (χ0v) is 17.0. The van der Waals surface area contributed by atoms with Crippen LogP contribution >= 0.6 is 0 Å². The predicted molar refractivity (Wildman–Crippen MR) is 94.4 cm³/mol. The number of carbonyl (C=O) groups excluding carboxylic acids is 3. The summed E-state index contributed by atoms with van der Waals surface area (Å²) >= 11 is 0. The summed E-state index contributed by atoms with van der Waals surface area (Å²) in [7, 11) is 0. The van der Waals surface area contributed by atoms with E-state index in [0.717, 1.165) is 0 Å². The molecule has 0 aromatic heterocycles. The third-order valence-electron chi connectivity index (χ3n) is 4.19. The summed E-state index contributed by atoms with van der Waals surface area (Å²) in [6.45, 7) is 15.6. The Morgan fingerprint density at radius 2 is 0.800 bits per heavy atom. The molecule has 0 aliphatic carbocycles. The molecule has 0 aliphatic heterocycles. The third kappa shape index (κ3) is 7.75. The molecule has 0 aromatic rings. The van der Waals surface area contributed by atoms with Crippen molar-refractivity contribution in [2.24, 2.45) is 0 Å². The minimum atomic E-state index is -1.11. The molecule has 0 heterocycles. The highest BCUT2D eigenvalue weighted by molar-refractivity contribution is 6.04. The fourth-order valence-corrected chi connectivity index (χ4v) is 1.29. The van der Waals surface area contributed by atoms with Gasteiger partial charge in [0, 0.05) is 0 Å². The molecule has 0 aromatic carbocycles. The van der Waals surface area contributed by atoms with Crippen LogP contribution in [0.15, 0.2) is 0 Å². The summed E-state index contributed by atoms with van der Waals surface area (Å²) in [6.07, 6.45) is -1.80. The van der Waals surface area contributed by atoms with Gasteiger partial charge in [-0.2, -0.15) is 0 Å². The minimum absolute atomic E-state index is 0.284. The molecule has 0 aliphatic rings. The van der Waals surface area contributed by atoms with E-state index in [1.807, 2.05) is 20.8 Å². The second kappa shape index (κ2) is 8.54. The molecule has 7 heteroatoms. The van der Waals surface area contributed by atoms with Gasteiger partial charge < -0.3 is 14.2 Å². The highest BCUT2D eigenvalue weighted by Crippen LogP contribution is 2.22. The van der Waals surface area contributed by atoms with Gasteiger partial charge >= 0.3 is 18.3 Å². The van der Waals surface area contributed by atoms with Crippen LogP contribution in [0.25, 0.3) is 0 Å². The molecule has 0 atom stereocenters. The Balaban J connectivity index is 5.54. The van der Waals surface area contributed by atoms with Crippen LogP contribution in [0.5, 0.6) is 0 Å². The van der Waals surface area contributed by atoms with Gasteiger partial charge in [-0.05, 0) is 60.8 Å². The first-order valence-corrected chi connectivity index (χ1v) is 8.69. The second-order valence-electron chi connectivity index (χ2n) is 7.78. The van der Waals surface area contributed by atoms with Crippen molar-refractivity contribution < 1.29 is 28.6 Å². The maximum atomic E-state index is 12.5. The van der Waals surface area contributed by atoms with Crippen molar-refractivity contribution in [1.82, 2.24) is 4.90 Å². The highest BCUT2D eigenvalue weighted by Gasteiger charge is 2.40. The second-order valence-corrected chi connectivity index (χ2v) is 7.78. The maximum absolute atomic E-state index is 12.5. The van der Waals surface area contributed by atoms with Crippen LogP contribution in [0.4, 0.5) is 14.4 Å². The van der Waals surface area contributed by atoms with Crippen molar-refractivity contribution in [3.8, 4) is 0 Å². The monoisotopic (exact) mass is 359 g/mol. The lowest BCUT2D eigenvalue weighted by Gasteiger charge is -2.31. The number of hydrogen-bond donors (Lipinski definition) is 0. The van der Waals surface area contributed by atoms with Crippen LogP contribution in [0.3, 0.4) is 0 Å². The lowest BCUT2D eigenvalue weighted by Crippen LogP contribution is -2.49. The standard InChI is InChI=1S/C18H33NO6/c1-10-16(4,5)23-13(20)19(14(21)24-17(6,7)11-2)15(22)25-18(8,9)12-3/h10-12H2,1-9H3. The van der Waals surface area contributed by atoms with Crippen molar-refractivity contribution in [3.05, 3.63) is 0 Å². The molecule has 25 heavy (non-hydrogen) atoms. The normalized spacial score (nSPS) is 12.4. The molecule has 0 N–H and O–H groups in total. The van der Waals surface area contributed by atoms with Crippen molar-refractivity contribution in [2.45, 2.75) is 98.4 Å². The summed E-state index contributed by atoms with van der Waals surface area (Å²) in [6, 6.07) is 0. The van der Waals surface area contributed by atoms with Crippen LogP contribution in [-0.4, -0.2) is 40.0 Å². The lowest BCUT2D eigenvalue weighted by molar-refractivity contribution is -0.0251. The van der Waals surface area contributed by atoms with Gasteiger partial charge in [0.25, 0.3) is 0 Å². The van der Waals surface area contributed by atoms with E-state index in [0.29, 0.717) is 19.3 Å². The van der Waals surface area contributed by atoms with Crippen LogP contribution in [0, 0.1) is 0 Å². The first-order chi connectivity index (χ1) is 11.2. The minimum Gasteiger partial charge on any atom is -0.443 e. The van der Waals surface area contributed by atoms with Gasteiger partial charge in [0.1, 0.15) is 16.8 Å². The molecule has 3 amide bonds. The number of hydrogen-bond acceptors (Lipinski definition) is 6. The molecular weight excluding hydrogens is 326 g/mol. The van der Waals surface area contributed by atoms with Gasteiger partial charge in [-0.25, -0.2) is 14.4 Å². The SMILES string of the molecule is CCC(C)(C)OC(=O)N(C(=O)OC(C)(C)CC)C(=O)OC(C)(C)CC. The van der Waals surface area contributed by atoms with Gasteiger partial charge in [-0.15, -0.1) is 4.90 Å². The number of carbonyl (C=O) groups is 3. The van der Waals surface area contributed by atoms with E-state index >= 15 is 0 Å². The summed E-state index contributed by atoms with van der Waals surface area (Å²) < 4.78 is 15.8. The van der Waals surface area contributed by atoms with Gasteiger partial charge in [0.15, 0.2) is 0 Å². The molecule has 0 saturated heterocycles. The topological polar surface area (TPSA) is 82.1 Å². The largest absolute Gasteiger partial charge is 0.443 e. The number of imide groups is 3. The van der Waals surface area contributed by atoms with E-state index in [2.05, 4.69) is 0 Å². The Labute approximate surface area is 151 Å². The number of rotatable bonds is 6. The zero-order valence-electron chi connectivity index (χ0n) is 17.0. The van der Waals surface area contributed by atoms with Crippen molar-refractivity contribution in [1.29, 1.82) is 0 Å². The van der Waals surface area contributed by atoms with Gasteiger partial charge in [0.2, 0.25) is 0 Å². The molecule has 0 radical (unpaired) electrons. The first kappa shape index (κ1) is 23.2. The average molecular weight is 359 g/mol. The van der Waals surface area contributed by atoms with Gasteiger partial charge in [-0.1, -0.05) is 20.8 Å². The average Bonchev–Trinajstić information content (AvgIpc) is 2.45. The Kier molecular flexibility index (Phi) is 7.93. The van der Waals surface area contributed by atoms with Crippen LogP contribution < -0.4 is 0 Å². The van der Waals surface area contributed by atoms with Gasteiger partial charge in [0.05, 0.1) is 0 Å². The maximum Gasteiger partial charge on any atom is 0.429 e. The molecule has 0 bridgehead atoms. The van der Waals surface area contributed by atoms with E-state index in [4.69, 9.17) is 14.2 Å². The molecule has 0 fully saturated rings. The van der Waals surface area contributed by atoms with Crippen molar-refractivity contribution >= 4 is 18.3 Å². The van der Waals surface area contributed by atoms with Gasteiger partial charge in [-0.3, -0.25) is 0 Å². The lowest BCUT2D eigenvalue weighted by atomic mass is 10.1. The fourth-order valence-electron chi connectivity index (χ4n) is 1.29. The van der Waals surface area contributed by atoms with E-state index in [9.17, 15) is 14.4 Å². The third-order valence-corrected chi connectivity index (χ3v) is 4.19. The van der Waals surface area contributed by atoms with Crippen molar-refractivity contribution in [2.75, 3.05) is 0 Å². The van der Waals surface area contributed by atoms with Crippen molar-refractivity contribution in [3.63, 3.8) is 0 Å². The Morgan fingerprint density at radius 3 is 0.960 bits per heavy atom.